The molecule has 8 unspecified atom stereocenters. The predicted octanol–water partition coefficient (Wildman–Crippen LogP) is 4.65. The maximum Gasteiger partial charge on any atom is 0.308 e. The summed E-state index contributed by atoms with van der Waals surface area (Å²) in [6, 6.07) is 0.688. The lowest BCUT2D eigenvalue weighted by atomic mass is 9.70. The Morgan fingerprint density at radius 3 is 2.70 bits per heavy atom. The Balaban J connectivity index is 1.03. The van der Waals surface area contributed by atoms with Crippen LogP contribution in [0, 0.1) is 30.6 Å². The van der Waals surface area contributed by atoms with E-state index in [0.717, 1.165) is 67.9 Å². The number of piperidine rings is 1. The summed E-state index contributed by atoms with van der Waals surface area (Å²) in [6.07, 6.45) is 13.4. The van der Waals surface area contributed by atoms with Crippen LogP contribution in [-0.4, -0.2) is 85.3 Å². The van der Waals surface area contributed by atoms with Crippen molar-refractivity contribution in [3.05, 3.63) is 27.4 Å². The van der Waals surface area contributed by atoms with Crippen LogP contribution in [0.2, 0.25) is 0 Å². The first-order valence-electron chi connectivity index (χ1n) is 17.3. The molecule has 2 aliphatic heterocycles. The van der Waals surface area contributed by atoms with Crippen LogP contribution in [0.5, 0.6) is 0 Å². The molecule has 9 atom stereocenters. The van der Waals surface area contributed by atoms with Crippen molar-refractivity contribution in [2.75, 3.05) is 19.4 Å². The van der Waals surface area contributed by atoms with E-state index in [9.17, 15) is 14.7 Å². The number of carbonyl (C=O) groups is 1. The van der Waals surface area contributed by atoms with Crippen LogP contribution in [0.3, 0.4) is 0 Å². The molecule has 8 nitrogen and oxygen atoms in total. The fraction of sp³-hybridized carbons (Fsp3) is 0.853. The Kier molecular flexibility index (Phi) is 8.92. The Labute approximate surface area is 271 Å². The number of alkyl halides is 1. The van der Waals surface area contributed by atoms with Gasteiger partial charge in [-0.3, -0.25) is 19.1 Å². The predicted molar refractivity (Wildman–Crippen MR) is 175 cm³/mol. The number of hydrogen-bond donors (Lipinski definition) is 2. The SMILES string of the molecule is Cc1nc2c(c(=O)n1CCOC1CCC(Cl)CC1C1CC(C)NC3C(C(=O)O)CSC13)C[C@@H](N(C)C1(C3CCC3)CC1)CC2. The standard InChI is InChI=1S/C34H51ClN4O4S/c1-19-15-25(31-30(36-19)27(18-44-31)33(41)42)24-16-22(35)7-10-29(24)43-14-13-39-20(2)37-28-9-8-23(17-26(28)32(39)40)38(3)34(11-12-34)21-5-4-6-21/h19,21-25,27,29-31,36H,4-18H2,1-3H3,(H,41,42)/t19?,22?,23-,24?,25?,27?,29?,30?,31?/m0/s1. The van der Waals surface area contributed by atoms with E-state index in [2.05, 4.69) is 24.2 Å². The quantitative estimate of drug-likeness (QED) is 0.375. The summed E-state index contributed by atoms with van der Waals surface area (Å²) >= 11 is 8.58. The zero-order chi connectivity index (χ0) is 30.7. The van der Waals surface area contributed by atoms with Gasteiger partial charge in [0.2, 0.25) is 0 Å². The molecular formula is C34H51ClN4O4S. The third-order valence-electron chi connectivity index (χ3n) is 12.6. The fourth-order valence-electron chi connectivity index (χ4n) is 9.80. The number of aliphatic carboxylic acids is 1. The van der Waals surface area contributed by atoms with E-state index in [-0.39, 0.29) is 40.3 Å². The molecule has 2 N–H and O–H groups in total. The average molecular weight is 647 g/mol. The van der Waals surface area contributed by atoms with Gasteiger partial charge in [-0.1, -0.05) is 6.42 Å². The van der Waals surface area contributed by atoms with E-state index >= 15 is 0 Å². The van der Waals surface area contributed by atoms with Gasteiger partial charge >= 0.3 is 5.97 Å². The van der Waals surface area contributed by atoms with Crippen LogP contribution in [-0.2, 0) is 28.9 Å². The molecule has 0 radical (unpaired) electrons. The van der Waals surface area contributed by atoms with Crippen molar-refractivity contribution in [1.29, 1.82) is 0 Å². The molecule has 3 saturated carbocycles. The van der Waals surface area contributed by atoms with Crippen molar-refractivity contribution in [2.45, 2.75) is 138 Å². The third kappa shape index (κ3) is 5.69. The van der Waals surface area contributed by atoms with Crippen LogP contribution >= 0.6 is 23.4 Å². The van der Waals surface area contributed by atoms with Gasteiger partial charge in [0, 0.05) is 45.6 Å². The van der Waals surface area contributed by atoms with Crippen molar-refractivity contribution in [2.24, 2.45) is 23.7 Å². The largest absolute Gasteiger partial charge is 0.481 e. The number of carboxylic acids is 1. The van der Waals surface area contributed by atoms with E-state index in [1.807, 2.05) is 23.3 Å². The summed E-state index contributed by atoms with van der Waals surface area (Å²) in [5, 5.41) is 13.9. The van der Waals surface area contributed by atoms with Gasteiger partial charge in [0.25, 0.3) is 5.56 Å². The number of rotatable bonds is 9. The third-order valence-corrected chi connectivity index (χ3v) is 14.6. The number of thioether (sulfide) groups is 1. The number of ether oxygens (including phenoxy) is 1. The Hall–Kier alpha value is -1.13. The van der Waals surface area contributed by atoms with Crippen LogP contribution in [0.25, 0.3) is 0 Å². The van der Waals surface area contributed by atoms with Crippen molar-refractivity contribution < 1.29 is 14.6 Å². The normalized spacial score (nSPS) is 38.2. The van der Waals surface area contributed by atoms with Gasteiger partial charge in [0.1, 0.15) is 5.82 Å². The van der Waals surface area contributed by atoms with E-state index < -0.39 is 5.97 Å². The molecule has 7 rings (SSSR count). The molecule has 1 aromatic heterocycles. The summed E-state index contributed by atoms with van der Waals surface area (Å²) in [4.78, 5) is 33.5. The lowest BCUT2D eigenvalue weighted by Gasteiger charge is -2.47. The van der Waals surface area contributed by atoms with Gasteiger partial charge in [0.15, 0.2) is 0 Å². The molecule has 244 valence electrons. The minimum atomic E-state index is -0.695. The molecule has 0 amide bonds. The van der Waals surface area contributed by atoms with Gasteiger partial charge in [0.05, 0.1) is 30.9 Å². The lowest BCUT2D eigenvalue weighted by molar-refractivity contribution is -0.142. The van der Waals surface area contributed by atoms with Crippen molar-refractivity contribution >= 4 is 29.3 Å². The second-order valence-corrected chi connectivity index (χ2v) is 16.8. The molecule has 10 heteroatoms. The molecule has 44 heavy (non-hydrogen) atoms. The highest BCUT2D eigenvalue weighted by Gasteiger charge is 2.55. The molecule has 0 bridgehead atoms. The van der Waals surface area contributed by atoms with Gasteiger partial charge < -0.3 is 15.2 Å². The number of nitrogens with zero attached hydrogens (tertiary/aromatic N) is 3. The first-order chi connectivity index (χ1) is 21.2. The van der Waals surface area contributed by atoms with E-state index in [4.69, 9.17) is 21.3 Å². The zero-order valence-electron chi connectivity index (χ0n) is 26.7. The highest BCUT2D eigenvalue weighted by molar-refractivity contribution is 8.00. The number of aryl methyl sites for hydroxylation is 2. The molecule has 6 aliphatic rings. The smallest absolute Gasteiger partial charge is 0.308 e. The van der Waals surface area contributed by atoms with Crippen molar-refractivity contribution in [1.82, 2.24) is 19.8 Å². The molecular weight excluding hydrogens is 596 g/mol. The van der Waals surface area contributed by atoms with Crippen LogP contribution in [0.4, 0.5) is 0 Å². The molecule has 4 aliphatic carbocycles. The van der Waals surface area contributed by atoms with Crippen molar-refractivity contribution in [3.63, 3.8) is 0 Å². The maximum atomic E-state index is 13.9. The number of nitrogens with one attached hydrogen (secondary N) is 1. The molecule has 0 spiro atoms. The summed E-state index contributed by atoms with van der Waals surface area (Å²) in [6.45, 7) is 5.13. The number of carboxylic acid groups (broad SMARTS) is 1. The molecule has 0 aromatic carbocycles. The second kappa shape index (κ2) is 12.5. The van der Waals surface area contributed by atoms with E-state index in [0.29, 0.717) is 42.3 Å². The molecule has 5 fully saturated rings. The fourth-order valence-corrected chi connectivity index (χ4v) is 11.9. The topological polar surface area (TPSA) is 96.7 Å². The minimum Gasteiger partial charge on any atom is -0.481 e. The van der Waals surface area contributed by atoms with Crippen LogP contribution < -0.4 is 10.9 Å². The highest BCUT2D eigenvalue weighted by Crippen LogP contribution is 2.55. The molecule has 1 aromatic rings. The number of hydrogen-bond acceptors (Lipinski definition) is 7. The first kappa shape index (κ1) is 31.5. The van der Waals surface area contributed by atoms with Crippen molar-refractivity contribution in [3.8, 4) is 0 Å². The second-order valence-electron chi connectivity index (χ2n) is 15.0. The van der Waals surface area contributed by atoms with Crippen LogP contribution in [0.1, 0.15) is 88.2 Å². The van der Waals surface area contributed by atoms with Gasteiger partial charge in [-0.2, -0.15) is 11.8 Å². The number of aromatic nitrogens is 2. The number of likely N-dealkylation sites (N-methyl/N-ethyl adjacent to an activating group) is 1. The Bertz CT molecular complexity index is 1300. The highest BCUT2D eigenvalue weighted by atomic mass is 35.5. The molecule has 2 saturated heterocycles. The summed E-state index contributed by atoms with van der Waals surface area (Å²) in [5.41, 5.74) is 2.44. The Morgan fingerprint density at radius 2 is 2.00 bits per heavy atom. The van der Waals surface area contributed by atoms with E-state index in [1.54, 1.807) is 0 Å². The van der Waals surface area contributed by atoms with Gasteiger partial charge in [-0.15, -0.1) is 11.6 Å². The zero-order valence-corrected chi connectivity index (χ0v) is 28.3. The van der Waals surface area contributed by atoms with Crippen LogP contribution in [0.15, 0.2) is 4.79 Å². The number of halogens is 1. The Morgan fingerprint density at radius 1 is 1.20 bits per heavy atom. The monoisotopic (exact) mass is 646 g/mol. The maximum absolute atomic E-state index is 13.9. The molecule has 3 heterocycles. The van der Waals surface area contributed by atoms with Gasteiger partial charge in [-0.05, 0) is 109 Å². The first-order valence-corrected chi connectivity index (χ1v) is 18.8. The lowest BCUT2D eigenvalue weighted by Crippen LogP contribution is -2.57. The van der Waals surface area contributed by atoms with E-state index in [1.165, 1.54) is 32.1 Å². The average Bonchev–Trinajstić information content (AvgIpc) is 3.63. The summed E-state index contributed by atoms with van der Waals surface area (Å²) in [7, 11) is 2.32. The summed E-state index contributed by atoms with van der Waals surface area (Å²) < 4.78 is 8.53. The number of fused-ring (bicyclic) bond motifs is 2. The van der Waals surface area contributed by atoms with Gasteiger partial charge in [-0.25, -0.2) is 4.98 Å². The summed E-state index contributed by atoms with van der Waals surface area (Å²) in [5.74, 6) is 1.93. The minimum absolute atomic E-state index is 0.00298.